The van der Waals surface area contributed by atoms with Crippen molar-refractivity contribution >= 4 is 44.2 Å². The van der Waals surface area contributed by atoms with Crippen molar-refractivity contribution in [2.75, 3.05) is 5.32 Å². The summed E-state index contributed by atoms with van der Waals surface area (Å²) in [5.74, 6) is -4.73. The van der Waals surface area contributed by atoms with E-state index in [1.54, 1.807) is 12.1 Å². The van der Waals surface area contributed by atoms with Gasteiger partial charge < -0.3 is 0 Å². The van der Waals surface area contributed by atoms with Crippen molar-refractivity contribution in [3.8, 4) is 0 Å². The van der Waals surface area contributed by atoms with E-state index in [0.29, 0.717) is 16.4 Å². The number of hydrogen-bond donors (Lipinski definition) is 1. The van der Waals surface area contributed by atoms with Crippen LogP contribution in [0.5, 0.6) is 0 Å². The van der Waals surface area contributed by atoms with Gasteiger partial charge in [-0.2, -0.15) is 0 Å². The molecule has 0 saturated heterocycles. The first-order valence-electron chi connectivity index (χ1n) is 5.96. The summed E-state index contributed by atoms with van der Waals surface area (Å²) in [5.41, 5.74) is 0.215. The highest BCUT2D eigenvalue weighted by atomic mass is 35.5. The Labute approximate surface area is 131 Å². The normalized spacial score (nSPS) is 10.9. The molecule has 22 heavy (non-hydrogen) atoms. The number of amides is 1. The molecule has 0 unspecified atom stereocenters. The molecule has 0 radical (unpaired) electrons. The van der Waals surface area contributed by atoms with Crippen LogP contribution in [0.4, 0.5) is 18.3 Å². The van der Waals surface area contributed by atoms with E-state index in [0.717, 1.165) is 6.07 Å². The van der Waals surface area contributed by atoms with E-state index in [-0.39, 0.29) is 20.9 Å². The van der Waals surface area contributed by atoms with Gasteiger partial charge in [-0.3, -0.25) is 10.1 Å². The van der Waals surface area contributed by atoms with Crippen LogP contribution in [0.15, 0.2) is 30.3 Å². The second kappa shape index (κ2) is 5.58. The number of anilines is 1. The minimum Gasteiger partial charge on any atom is -0.298 e. The fourth-order valence-electron chi connectivity index (χ4n) is 1.83. The number of nitrogens with one attached hydrogen (secondary N) is 1. The van der Waals surface area contributed by atoms with Crippen LogP contribution < -0.4 is 5.32 Å². The molecule has 1 amide bonds. The maximum atomic E-state index is 13.6. The lowest BCUT2D eigenvalue weighted by Gasteiger charge is -2.01. The first-order valence-corrected chi connectivity index (χ1v) is 7.16. The molecule has 3 aromatic rings. The fourth-order valence-corrected chi connectivity index (χ4v) is 2.89. The van der Waals surface area contributed by atoms with Crippen molar-refractivity contribution in [2.45, 2.75) is 0 Å². The topological polar surface area (TPSA) is 42.0 Å². The third kappa shape index (κ3) is 2.65. The number of halogens is 4. The third-order valence-electron chi connectivity index (χ3n) is 2.83. The quantitative estimate of drug-likeness (QED) is 0.690. The van der Waals surface area contributed by atoms with Crippen molar-refractivity contribution in [2.24, 2.45) is 0 Å². The number of hydrogen-bond acceptors (Lipinski definition) is 3. The highest BCUT2D eigenvalue weighted by Crippen LogP contribution is 2.31. The number of aromatic nitrogens is 1. The van der Waals surface area contributed by atoms with Gasteiger partial charge in [0.25, 0.3) is 5.91 Å². The largest absolute Gasteiger partial charge is 0.298 e. The number of thiazole rings is 1. The highest BCUT2D eigenvalue weighted by Gasteiger charge is 2.18. The molecule has 1 aromatic heterocycles. The van der Waals surface area contributed by atoms with Crippen LogP contribution in [0.2, 0.25) is 5.02 Å². The van der Waals surface area contributed by atoms with Crippen molar-refractivity contribution in [3.63, 3.8) is 0 Å². The summed E-state index contributed by atoms with van der Waals surface area (Å²) in [5, 5.41) is 2.85. The van der Waals surface area contributed by atoms with Gasteiger partial charge >= 0.3 is 0 Å². The minimum atomic E-state index is -1.57. The summed E-state index contributed by atoms with van der Waals surface area (Å²) in [6.45, 7) is 0. The van der Waals surface area contributed by atoms with Crippen LogP contribution in [0.3, 0.4) is 0 Å². The van der Waals surface area contributed by atoms with Gasteiger partial charge in [-0.15, -0.1) is 0 Å². The van der Waals surface area contributed by atoms with Gasteiger partial charge in [0.2, 0.25) is 0 Å². The van der Waals surface area contributed by atoms with Crippen molar-refractivity contribution < 1.29 is 18.0 Å². The molecule has 0 aliphatic rings. The fraction of sp³-hybridized carbons (Fsp3) is 0. The van der Waals surface area contributed by atoms with Gasteiger partial charge in [-0.1, -0.05) is 29.0 Å². The summed E-state index contributed by atoms with van der Waals surface area (Å²) in [7, 11) is 0. The molecule has 3 nitrogen and oxygen atoms in total. The van der Waals surface area contributed by atoms with E-state index in [1.165, 1.54) is 12.1 Å². The van der Waals surface area contributed by atoms with Crippen molar-refractivity contribution in [1.82, 2.24) is 4.98 Å². The van der Waals surface area contributed by atoms with Crippen LogP contribution in [0.1, 0.15) is 10.4 Å². The van der Waals surface area contributed by atoms with E-state index in [4.69, 9.17) is 11.6 Å². The smallest absolute Gasteiger partial charge is 0.257 e. The summed E-state index contributed by atoms with van der Waals surface area (Å²) < 4.78 is 39.8. The zero-order chi connectivity index (χ0) is 15.9. The maximum absolute atomic E-state index is 13.6. The molecule has 1 N–H and O–H groups in total. The Kier molecular flexibility index (Phi) is 3.76. The van der Waals surface area contributed by atoms with Crippen LogP contribution in [-0.4, -0.2) is 10.9 Å². The van der Waals surface area contributed by atoms with Gasteiger partial charge in [-0.25, -0.2) is 18.2 Å². The van der Waals surface area contributed by atoms with E-state index in [2.05, 4.69) is 10.3 Å². The van der Waals surface area contributed by atoms with Gasteiger partial charge in [-0.05, 0) is 18.2 Å². The monoisotopic (exact) mass is 342 g/mol. The molecule has 0 aliphatic carbocycles. The number of carbonyl (C=O) groups is 1. The lowest BCUT2D eigenvalue weighted by atomic mass is 10.2. The molecule has 0 fully saturated rings. The van der Waals surface area contributed by atoms with Gasteiger partial charge in [0.05, 0.1) is 10.2 Å². The number of fused-ring (bicyclic) bond motifs is 1. The Morgan fingerprint density at radius 2 is 1.95 bits per heavy atom. The summed E-state index contributed by atoms with van der Waals surface area (Å²) >= 11 is 6.50. The van der Waals surface area contributed by atoms with Gasteiger partial charge in [0, 0.05) is 16.7 Å². The predicted molar refractivity (Wildman–Crippen MR) is 78.9 cm³/mol. The average Bonchev–Trinajstić information content (AvgIpc) is 2.87. The molecule has 0 spiro atoms. The Bertz CT molecular complexity index is 897. The van der Waals surface area contributed by atoms with Gasteiger partial charge in [0.1, 0.15) is 0 Å². The Morgan fingerprint density at radius 1 is 1.18 bits per heavy atom. The second-order valence-electron chi connectivity index (χ2n) is 4.32. The SMILES string of the molecule is O=C(Nc1nc2cc(F)c(F)c(F)c2s1)c1cccc(Cl)c1. The van der Waals surface area contributed by atoms with Crippen molar-refractivity contribution in [3.05, 3.63) is 58.4 Å². The first kappa shape index (κ1) is 14.8. The Balaban J connectivity index is 1.95. The minimum absolute atomic E-state index is 0.0314. The number of nitrogens with zero attached hydrogens (tertiary/aromatic N) is 1. The number of carbonyl (C=O) groups excluding carboxylic acids is 1. The molecule has 2 aromatic carbocycles. The number of rotatable bonds is 2. The molecular weight excluding hydrogens is 337 g/mol. The summed E-state index contributed by atoms with van der Waals surface area (Å²) in [6, 6.07) is 6.97. The second-order valence-corrected chi connectivity index (χ2v) is 5.75. The Hall–Kier alpha value is -2.12. The van der Waals surface area contributed by atoms with Crippen LogP contribution in [0, 0.1) is 17.5 Å². The molecule has 112 valence electrons. The lowest BCUT2D eigenvalue weighted by molar-refractivity contribution is 0.102. The third-order valence-corrected chi connectivity index (χ3v) is 4.04. The zero-order valence-electron chi connectivity index (χ0n) is 10.7. The number of benzene rings is 2. The molecule has 3 rings (SSSR count). The van der Waals surface area contributed by atoms with Crippen molar-refractivity contribution in [1.29, 1.82) is 0 Å². The molecule has 0 saturated carbocycles. The van der Waals surface area contributed by atoms with E-state index in [1.807, 2.05) is 0 Å². The van der Waals surface area contributed by atoms with E-state index < -0.39 is 23.4 Å². The standard InChI is InChI=1S/C14H6ClF3N2OS/c15-7-3-1-2-6(4-7)13(21)20-14-19-9-5-8(16)10(17)11(18)12(9)22-14/h1-5H,(H,19,20,21). The van der Waals surface area contributed by atoms with Crippen LogP contribution in [-0.2, 0) is 0 Å². The molecule has 1 heterocycles. The van der Waals surface area contributed by atoms with Gasteiger partial charge in [0.15, 0.2) is 22.6 Å². The van der Waals surface area contributed by atoms with E-state index >= 15 is 0 Å². The van der Waals surface area contributed by atoms with Crippen LogP contribution >= 0.6 is 22.9 Å². The average molecular weight is 343 g/mol. The zero-order valence-corrected chi connectivity index (χ0v) is 12.2. The molecule has 0 aliphatic heterocycles. The molecule has 0 bridgehead atoms. The first-order chi connectivity index (χ1) is 10.5. The maximum Gasteiger partial charge on any atom is 0.257 e. The highest BCUT2D eigenvalue weighted by molar-refractivity contribution is 7.22. The summed E-state index contributed by atoms with van der Waals surface area (Å²) in [4.78, 5) is 15.9. The van der Waals surface area contributed by atoms with E-state index in [9.17, 15) is 18.0 Å². The Morgan fingerprint density at radius 3 is 2.68 bits per heavy atom. The van der Waals surface area contributed by atoms with Crippen LogP contribution in [0.25, 0.3) is 10.2 Å². The molecule has 0 atom stereocenters. The molecular formula is C14H6ClF3N2OS. The molecule has 8 heteroatoms. The predicted octanol–water partition coefficient (Wildman–Crippen LogP) is 4.62. The summed E-state index contributed by atoms with van der Waals surface area (Å²) in [6.07, 6.45) is 0. The lowest BCUT2D eigenvalue weighted by Crippen LogP contribution is -2.11.